The minimum Gasteiger partial charge on any atom is -0.232 e. The number of hydrogen-bond donors (Lipinski definition) is 0. The molecule has 0 bridgehead atoms. The van der Waals surface area contributed by atoms with Gasteiger partial charge in [-0.2, -0.15) is 8.78 Å². The van der Waals surface area contributed by atoms with Crippen LogP contribution in [0.5, 0.6) is 0 Å². The number of fused-ring (bicyclic) bond motifs is 1. The summed E-state index contributed by atoms with van der Waals surface area (Å²) in [5.74, 6) is -38.8. The van der Waals surface area contributed by atoms with Crippen LogP contribution in [-0.2, 0) is 0 Å². The van der Waals surface area contributed by atoms with E-state index in [1.807, 2.05) is 0 Å². The summed E-state index contributed by atoms with van der Waals surface area (Å²) in [6.07, 6.45) is -4.70. The molecule has 27 heavy (non-hydrogen) atoms. The molecule has 1 atom stereocenters. The van der Waals surface area contributed by atoms with Gasteiger partial charge >= 0.3 is 5.92 Å². The minimum absolute atomic E-state index is 3.02. The molecule has 2 aliphatic rings. The Balaban J connectivity index is 3.18. The van der Waals surface area contributed by atoms with E-state index in [0.717, 1.165) is 0 Å². The van der Waals surface area contributed by atoms with Gasteiger partial charge in [-0.05, 0) is 0 Å². The molecule has 0 radical (unpaired) electrons. The zero-order chi connectivity index (χ0) is 21.0. The molecule has 2 aliphatic carbocycles. The van der Waals surface area contributed by atoms with E-state index in [1.165, 1.54) is 0 Å². The summed E-state index contributed by atoms with van der Waals surface area (Å²) >= 11 is 0. The smallest absolute Gasteiger partial charge is 0.232 e. The van der Waals surface area contributed by atoms with Crippen LogP contribution >= 0.6 is 0 Å². The lowest BCUT2D eigenvalue weighted by molar-refractivity contribution is -0.0324. The third-order valence-electron chi connectivity index (χ3n) is 3.34. The molecule has 13 heteroatoms. The van der Waals surface area contributed by atoms with Crippen LogP contribution in [0.15, 0.2) is 69.4 Å². The summed E-state index contributed by atoms with van der Waals surface area (Å²) in [6.45, 7) is 0. The highest BCUT2D eigenvalue weighted by molar-refractivity contribution is 5.62. The van der Waals surface area contributed by atoms with Gasteiger partial charge in [-0.3, -0.25) is 0 Å². The summed E-state index contributed by atoms with van der Waals surface area (Å²) in [4.78, 5) is 0. The van der Waals surface area contributed by atoms with Crippen LogP contribution in [0.3, 0.4) is 0 Å². The zero-order valence-electron chi connectivity index (χ0n) is 12.0. The van der Waals surface area contributed by atoms with E-state index in [0.29, 0.717) is 0 Å². The maximum Gasteiger partial charge on any atom is 0.314 e. The number of alkyl halides is 3. The standard InChI is InChI=1S/C14HF13/c15-3-1-2(5(17)8(20)10(22)9(21)6(3)18)14(26,27)13(25)12(24)11(23)7(19)4(1)16/h13H. The number of allylic oxidation sites excluding steroid dienone is 12. The van der Waals surface area contributed by atoms with Gasteiger partial charge in [0.2, 0.25) is 17.8 Å². The van der Waals surface area contributed by atoms with E-state index in [1.54, 1.807) is 0 Å². The first kappa shape index (κ1) is 20.8. The molecule has 0 saturated heterocycles. The fourth-order valence-corrected chi connectivity index (χ4v) is 2.05. The Morgan fingerprint density at radius 2 is 0.852 bits per heavy atom. The Morgan fingerprint density at radius 1 is 0.481 bits per heavy atom. The van der Waals surface area contributed by atoms with Crippen LogP contribution in [0, 0.1) is 0 Å². The molecule has 0 aromatic rings. The summed E-state index contributed by atoms with van der Waals surface area (Å²) in [5.41, 5.74) is -6.27. The normalized spacial score (nSPS) is 25.0. The summed E-state index contributed by atoms with van der Waals surface area (Å²) in [7, 11) is 0. The lowest BCUT2D eigenvalue weighted by atomic mass is 9.89. The van der Waals surface area contributed by atoms with Crippen molar-refractivity contribution in [3.05, 3.63) is 69.4 Å². The second-order valence-corrected chi connectivity index (χ2v) is 4.91. The van der Waals surface area contributed by atoms with E-state index < -0.39 is 81.5 Å². The van der Waals surface area contributed by atoms with Crippen molar-refractivity contribution >= 4 is 0 Å². The Morgan fingerprint density at radius 3 is 1.33 bits per heavy atom. The fourth-order valence-electron chi connectivity index (χ4n) is 2.05. The predicted molar refractivity (Wildman–Crippen MR) is 63.1 cm³/mol. The molecule has 0 saturated carbocycles. The van der Waals surface area contributed by atoms with Gasteiger partial charge in [0.05, 0.1) is 11.1 Å². The quantitative estimate of drug-likeness (QED) is 0.372. The van der Waals surface area contributed by atoms with Crippen molar-refractivity contribution in [2.75, 3.05) is 0 Å². The molecule has 0 aromatic heterocycles. The second kappa shape index (κ2) is 6.60. The molecule has 2 rings (SSSR count). The molecule has 0 spiro atoms. The predicted octanol–water partition coefficient (Wildman–Crippen LogP) is 7.04. The van der Waals surface area contributed by atoms with Gasteiger partial charge in [-0.1, -0.05) is 0 Å². The minimum atomic E-state index is -5.93. The Labute approximate surface area is 139 Å². The SMILES string of the molecule is FC1=C(F)C(F)=C2C(F)=C(F)C(F)=C(F)C(F)C(F)(F)C2=C(F)C(F)=C1F. The number of halogens is 13. The monoisotopic (exact) mass is 416 g/mol. The van der Waals surface area contributed by atoms with E-state index in [-0.39, 0.29) is 0 Å². The van der Waals surface area contributed by atoms with Crippen molar-refractivity contribution in [3.8, 4) is 0 Å². The molecule has 0 heterocycles. The van der Waals surface area contributed by atoms with E-state index in [9.17, 15) is 57.1 Å². The Bertz CT molecular complexity index is 909. The van der Waals surface area contributed by atoms with Crippen molar-refractivity contribution in [2.24, 2.45) is 0 Å². The highest BCUT2D eigenvalue weighted by atomic mass is 19.3. The van der Waals surface area contributed by atoms with Crippen LogP contribution in [0.2, 0.25) is 0 Å². The van der Waals surface area contributed by atoms with Crippen molar-refractivity contribution in [3.63, 3.8) is 0 Å². The van der Waals surface area contributed by atoms with Crippen LogP contribution in [0.4, 0.5) is 57.1 Å². The van der Waals surface area contributed by atoms with Gasteiger partial charge < -0.3 is 0 Å². The molecule has 0 nitrogen and oxygen atoms in total. The molecular formula is C14HF13. The lowest BCUT2D eigenvalue weighted by Gasteiger charge is -2.27. The first-order valence-corrected chi connectivity index (χ1v) is 6.31. The average Bonchev–Trinajstić information content (AvgIpc) is 2.64. The molecule has 1 unspecified atom stereocenters. The van der Waals surface area contributed by atoms with Crippen molar-refractivity contribution in [2.45, 2.75) is 12.1 Å². The first-order chi connectivity index (χ1) is 12.3. The van der Waals surface area contributed by atoms with Gasteiger partial charge in [0.25, 0.3) is 0 Å². The van der Waals surface area contributed by atoms with Crippen LogP contribution in [0.25, 0.3) is 0 Å². The molecule has 0 aliphatic heterocycles. The van der Waals surface area contributed by atoms with Gasteiger partial charge in [0.1, 0.15) is 0 Å². The van der Waals surface area contributed by atoms with Crippen molar-refractivity contribution in [1.29, 1.82) is 0 Å². The molecule has 0 fully saturated rings. The number of rotatable bonds is 0. The highest BCUT2D eigenvalue weighted by Crippen LogP contribution is 2.51. The lowest BCUT2D eigenvalue weighted by Crippen LogP contribution is -2.36. The third-order valence-corrected chi connectivity index (χ3v) is 3.34. The van der Waals surface area contributed by atoms with Crippen molar-refractivity contribution in [1.82, 2.24) is 0 Å². The Hall–Kier alpha value is -2.47. The fraction of sp³-hybridized carbons (Fsp3) is 0.143. The number of hydrogen-bond acceptors (Lipinski definition) is 0. The maximum absolute atomic E-state index is 14.0. The topological polar surface area (TPSA) is 0 Å². The van der Waals surface area contributed by atoms with Crippen LogP contribution in [-0.4, -0.2) is 12.1 Å². The zero-order valence-corrected chi connectivity index (χ0v) is 12.0. The third kappa shape index (κ3) is 2.88. The first-order valence-electron chi connectivity index (χ1n) is 6.31. The average molecular weight is 416 g/mol. The van der Waals surface area contributed by atoms with Crippen molar-refractivity contribution < 1.29 is 57.1 Å². The second-order valence-electron chi connectivity index (χ2n) is 4.91. The summed E-state index contributed by atoms with van der Waals surface area (Å²) in [5, 5.41) is 0. The maximum atomic E-state index is 14.0. The van der Waals surface area contributed by atoms with Gasteiger partial charge in [-0.25, -0.2) is 48.3 Å². The largest absolute Gasteiger partial charge is 0.314 e. The molecule has 0 N–H and O–H groups in total. The molecule has 0 aromatic carbocycles. The van der Waals surface area contributed by atoms with Gasteiger partial charge in [-0.15, -0.1) is 0 Å². The van der Waals surface area contributed by atoms with E-state index in [4.69, 9.17) is 0 Å². The van der Waals surface area contributed by atoms with Gasteiger partial charge in [0.15, 0.2) is 46.6 Å². The highest BCUT2D eigenvalue weighted by Gasteiger charge is 2.55. The summed E-state index contributed by atoms with van der Waals surface area (Å²) in [6, 6.07) is 0. The van der Waals surface area contributed by atoms with E-state index in [2.05, 4.69) is 0 Å². The van der Waals surface area contributed by atoms with Crippen LogP contribution < -0.4 is 0 Å². The Kier molecular flexibility index (Phi) is 5.10. The van der Waals surface area contributed by atoms with Crippen LogP contribution in [0.1, 0.15) is 0 Å². The van der Waals surface area contributed by atoms with Gasteiger partial charge in [0, 0.05) is 0 Å². The van der Waals surface area contributed by atoms with E-state index >= 15 is 0 Å². The molecule has 0 amide bonds. The summed E-state index contributed by atoms with van der Waals surface area (Å²) < 4.78 is 176. The molecule has 148 valence electrons. The molecular weight excluding hydrogens is 415 g/mol.